The molecule has 1 N–H and O–H groups in total. The summed E-state index contributed by atoms with van der Waals surface area (Å²) in [4.78, 5) is 10.4. The average molecular weight is 261 g/mol. The smallest absolute Gasteiger partial charge is 0.328 e. The summed E-state index contributed by atoms with van der Waals surface area (Å²) >= 11 is 11.7. The first kappa shape index (κ1) is 12.9. The molecular weight excluding hydrogens is 251 g/mol. The van der Waals surface area contributed by atoms with Crippen molar-refractivity contribution in [2.24, 2.45) is 0 Å². The number of ether oxygens (including phenoxy) is 1. The van der Waals surface area contributed by atoms with Crippen LogP contribution in [0.3, 0.4) is 0 Å². The first-order chi connectivity index (χ1) is 7.50. The van der Waals surface area contributed by atoms with E-state index in [2.05, 4.69) is 0 Å². The van der Waals surface area contributed by atoms with Crippen molar-refractivity contribution in [3.63, 3.8) is 0 Å². The van der Waals surface area contributed by atoms with Gasteiger partial charge in [0.2, 0.25) is 0 Å². The van der Waals surface area contributed by atoms with Gasteiger partial charge in [-0.3, -0.25) is 0 Å². The molecule has 5 heteroatoms. The molecule has 0 bridgehead atoms. The molecular formula is C11H10Cl2O3. The number of benzene rings is 1. The molecule has 0 aliphatic rings. The lowest BCUT2D eigenvalue weighted by atomic mass is 10.3. The fourth-order valence-corrected chi connectivity index (χ4v) is 1.39. The molecule has 1 aromatic carbocycles. The number of aliphatic carboxylic acids is 1. The van der Waals surface area contributed by atoms with Crippen LogP contribution in [0.4, 0.5) is 0 Å². The van der Waals surface area contributed by atoms with Crippen molar-refractivity contribution in [2.45, 2.75) is 6.92 Å². The van der Waals surface area contributed by atoms with Crippen molar-refractivity contribution >= 4 is 29.2 Å². The molecule has 0 aliphatic heterocycles. The van der Waals surface area contributed by atoms with Crippen LogP contribution in [0.5, 0.6) is 5.75 Å². The van der Waals surface area contributed by atoms with E-state index in [1.165, 1.54) is 0 Å². The van der Waals surface area contributed by atoms with Crippen molar-refractivity contribution in [2.75, 3.05) is 6.61 Å². The number of carbonyl (C=O) groups is 1. The van der Waals surface area contributed by atoms with Crippen molar-refractivity contribution < 1.29 is 14.6 Å². The highest BCUT2D eigenvalue weighted by Gasteiger charge is 2.05. The lowest BCUT2D eigenvalue weighted by molar-refractivity contribution is -0.131. The predicted molar refractivity (Wildman–Crippen MR) is 63.3 cm³/mol. The predicted octanol–water partition coefficient (Wildman–Crippen LogP) is 3.40. The van der Waals surface area contributed by atoms with E-state index >= 15 is 0 Å². The summed E-state index contributed by atoms with van der Waals surface area (Å²) in [5, 5.41) is 9.23. The van der Waals surface area contributed by atoms with Gasteiger partial charge in [0, 0.05) is 6.08 Å². The highest BCUT2D eigenvalue weighted by atomic mass is 35.5. The average Bonchev–Trinajstić information content (AvgIpc) is 2.19. The fraction of sp³-hybridized carbons (Fsp3) is 0.182. The summed E-state index contributed by atoms with van der Waals surface area (Å²) in [5.74, 6) is -0.564. The molecule has 0 saturated carbocycles. The highest BCUT2D eigenvalue weighted by Crippen LogP contribution is 2.31. The van der Waals surface area contributed by atoms with E-state index in [9.17, 15) is 4.79 Å². The molecule has 16 heavy (non-hydrogen) atoms. The first-order valence-electron chi connectivity index (χ1n) is 4.47. The Balaban J connectivity index is 2.68. The number of rotatable bonds is 4. The third-order valence-corrected chi connectivity index (χ3v) is 2.54. The minimum Gasteiger partial charge on any atom is -0.488 e. The fourth-order valence-electron chi connectivity index (χ4n) is 1.04. The van der Waals surface area contributed by atoms with Gasteiger partial charge in [-0.2, -0.15) is 0 Å². The van der Waals surface area contributed by atoms with E-state index in [1.54, 1.807) is 25.1 Å². The van der Waals surface area contributed by atoms with Gasteiger partial charge < -0.3 is 9.84 Å². The zero-order chi connectivity index (χ0) is 12.1. The second-order valence-electron chi connectivity index (χ2n) is 3.17. The monoisotopic (exact) mass is 260 g/mol. The van der Waals surface area contributed by atoms with Crippen molar-refractivity contribution in [3.8, 4) is 5.75 Å². The van der Waals surface area contributed by atoms with Crippen molar-refractivity contribution in [1.82, 2.24) is 0 Å². The van der Waals surface area contributed by atoms with Crippen LogP contribution in [-0.2, 0) is 4.79 Å². The molecule has 0 fully saturated rings. The van der Waals surface area contributed by atoms with Crippen LogP contribution < -0.4 is 4.74 Å². The Kier molecular flexibility index (Phi) is 4.65. The maximum Gasteiger partial charge on any atom is 0.328 e. The summed E-state index contributed by atoms with van der Waals surface area (Å²) in [6.07, 6.45) is 1.08. The van der Waals surface area contributed by atoms with Gasteiger partial charge in [0.15, 0.2) is 0 Å². The molecule has 86 valence electrons. The number of carboxylic acids is 1. The zero-order valence-corrected chi connectivity index (χ0v) is 10.0. The van der Waals surface area contributed by atoms with Crippen LogP contribution in [-0.4, -0.2) is 17.7 Å². The molecule has 0 radical (unpaired) electrons. The van der Waals surface area contributed by atoms with Crippen LogP contribution in [0, 0.1) is 0 Å². The van der Waals surface area contributed by atoms with Gasteiger partial charge in [-0.15, -0.1) is 0 Å². The molecule has 0 unspecified atom stereocenters. The quantitative estimate of drug-likeness (QED) is 0.845. The Morgan fingerprint density at radius 1 is 1.50 bits per heavy atom. The number of halogens is 2. The Morgan fingerprint density at radius 3 is 2.81 bits per heavy atom. The normalized spacial score (nSPS) is 11.3. The molecule has 0 aliphatic carbocycles. The summed E-state index contributed by atoms with van der Waals surface area (Å²) < 4.78 is 5.33. The van der Waals surface area contributed by atoms with E-state index in [0.717, 1.165) is 6.08 Å². The summed E-state index contributed by atoms with van der Waals surface area (Å²) in [6, 6.07) is 5.03. The maximum atomic E-state index is 10.4. The summed E-state index contributed by atoms with van der Waals surface area (Å²) in [6.45, 7) is 1.82. The molecule has 0 atom stereocenters. The van der Waals surface area contributed by atoms with E-state index in [0.29, 0.717) is 21.4 Å². The van der Waals surface area contributed by atoms with Crippen LogP contribution in [0.15, 0.2) is 29.8 Å². The molecule has 0 saturated heterocycles. The maximum absolute atomic E-state index is 10.4. The summed E-state index contributed by atoms with van der Waals surface area (Å²) in [7, 11) is 0. The molecule has 1 rings (SSSR count). The Morgan fingerprint density at radius 2 is 2.19 bits per heavy atom. The molecule has 0 amide bonds. The van der Waals surface area contributed by atoms with Crippen LogP contribution >= 0.6 is 23.2 Å². The number of hydrogen-bond acceptors (Lipinski definition) is 2. The Hall–Kier alpha value is -1.19. The Labute approximate surface area is 103 Å². The third kappa shape index (κ3) is 3.76. The van der Waals surface area contributed by atoms with Gasteiger partial charge in [0.25, 0.3) is 0 Å². The van der Waals surface area contributed by atoms with Crippen LogP contribution in [0.25, 0.3) is 0 Å². The number of carboxylic acid groups (broad SMARTS) is 1. The SMILES string of the molecule is CC(=CC(=O)O)COc1cccc(Cl)c1Cl. The molecule has 0 aromatic heterocycles. The zero-order valence-electron chi connectivity index (χ0n) is 8.54. The van der Waals surface area contributed by atoms with Gasteiger partial charge >= 0.3 is 5.97 Å². The van der Waals surface area contributed by atoms with Crippen LogP contribution in [0.1, 0.15) is 6.92 Å². The van der Waals surface area contributed by atoms with Gasteiger partial charge in [-0.05, 0) is 24.6 Å². The number of hydrogen-bond donors (Lipinski definition) is 1. The van der Waals surface area contributed by atoms with Crippen LogP contribution in [0.2, 0.25) is 10.0 Å². The van der Waals surface area contributed by atoms with E-state index in [4.69, 9.17) is 33.0 Å². The minimum absolute atomic E-state index is 0.159. The topological polar surface area (TPSA) is 46.5 Å². The minimum atomic E-state index is -1.00. The summed E-state index contributed by atoms with van der Waals surface area (Å²) in [5.41, 5.74) is 0.587. The third-order valence-electron chi connectivity index (χ3n) is 1.74. The molecule has 0 spiro atoms. The van der Waals surface area contributed by atoms with E-state index in [-0.39, 0.29) is 6.61 Å². The molecule has 3 nitrogen and oxygen atoms in total. The second kappa shape index (κ2) is 5.77. The van der Waals surface area contributed by atoms with Crippen molar-refractivity contribution in [1.29, 1.82) is 0 Å². The largest absolute Gasteiger partial charge is 0.488 e. The van der Waals surface area contributed by atoms with Gasteiger partial charge in [-0.1, -0.05) is 29.3 Å². The second-order valence-corrected chi connectivity index (χ2v) is 3.95. The molecule has 1 aromatic rings. The first-order valence-corrected chi connectivity index (χ1v) is 5.23. The standard InChI is InChI=1S/C11H10Cl2O3/c1-7(5-10(14)15)6-16-9-4-2-3-8(12)11(9)13/h2-5H,6H2,1H3,(H,14,15). The van der Waals surface area contributed by atoms with Gasteiger partial charge in [0.1, 0.15) is 17.4 Å². The highest BCUT2D eigenvalue weighted by molar-refractivity contribution is 6.42. The molecule has 0 heterocycles. The van der Waals surface area contributed by atoms with Gasteiger partial charge in [-0.25, -0.2) is 4.79 Å². The van der Waals surface area contributed by atoms with Gasteiger partial charge in [0.05, 0.1) is 5.02 Å². The van der Waals surface area contributed by atoms with Crippen molar-refractivity contribution in [3.05, 3.63) is 39.9 Å². The Bertz CT molecular complexity index is 427. The lowest BCUT2D eigenvalue weighted by Gasteiger charge is -2.08. The van der Waals surface area contributed by atoms with E-state index < -0.39 is 5.97 Å². The lowest BCUT2D eigenvalue weighted by Crippen LogP contribution is -2.01. The van der Waals surface area contributed by atoms with E-state index in [1.807, 2.05) is 0 Å².